The molecule has 0 aromatic rings. The summed E-state index contributed by atoms with van der Waals surface area (Å²) in [6, 6.07) is 0. The Hall–Kier alpha value is -0.0400. The molecule has 0 aromatic carbocycles. The first kappa shape index (κ1) is 14.0. The van der Waals surface area contributed by atoms with Gasteiger partial charge in [-0.25, -0.2) is 0 Å². The molecular weight excluding hydrogens is 196 g/mol. The van der Waals surface area contributed by atoms with Crippen molar-refractivity contribution in [3.63, 3.8) is 0 Å². The van der Waals surface area contributed by atoms with Gasteiger partial charge >= 0.3 is 0 Å². The lowest BCUT2D eigenvalue weighted by Gasteiger charge is -2.35. The van der Waals surface area contributed by atoms with Crippen LogP contribution in [0.15, 0.2) is 0 Å². The highest BCUT2D eigenvalue weighted by Crippen LogP contribution is 2.37. The van der Waals surface area contributed by atoms with Gasteiger partial charge in [-0.2, -0.15) is 0 Å². The molecule has 0 heterocycles. The molecule has 1 fully saturated rings. The molecule has 1 atom stereocenters. The molecule has 0 radical (unpaired) electrons. The summed E-state index contributed by atoms with van der Waals surface area (Å²) >= 11 is 0. The maximum atomic E-state index is 10.2. The van der Waals surface area contributed by atoms with Crippen LogP contribution in [0.4, 0.5) is 0 Å². The molecule has 16 heavy (non-hydrogen) atoms. The van der Waals surface area contributed by atoms with E-state index in [2.05, 4.69) is 20.8 Å². The van der Waals surface area contributed by atoms with Crippen LogP contribution in [-0.2, 0) is 0 Å². The predicted octanol–water partition coefficient (Wildman–Crippen LogP) is 4.53. The average Bonchev–Trinajstić information content (AvgIpc) is 2.26. The molecule has 0 amide bonds. The normalized spacial score (nSPS) is 21.0. The summed E-state index contributed by atoms with van der Waals surface area (Å²) in [4.78, 5) is 0. The minimum absolute atomic E-state index is 0.102. The minimum atomic E-state index is -0.102. The highest BCUT2D eigenvalue weighted by Gasteiger charge is 2.30. The van der Waals surface area contributed by atoms with Crippen molar-refractivity contribution in [3.8, 4) is 0 Å². The van der Waals surface area contributed by atoms with E-state index in [-0.39, 0.29) is 11.5 Å². The summed E-state index contributed by atoms with van der Waals surface area (Å²) in [6.45, 7) is 6.70. The summed E-state index contributed by atoms with van der Waals surface area (Å²) in [6.07, 6.45) is 11.5. The van der Waals surface area contributed by atoms with Gasteiger partial charge in [-0.15, -0.1) is 0 Å². The van der Waals surface area contributed by atoms with Crippen molar-refractivity contribution in [2.75, 3.05) is 0 Å². The number of rotatable bonds is 6. The second-order valence-electron chi connectivity index (χ2n) is 6.35. The third-order valence-electron chi connectivity index (χ3n) is 4.27. The lowest BCUT2D eigenvalue weighted by Crippen LogP contribution is -2.32. The van der Waals surface area contributed by atoms with Crippen LogP contribution >= 0.6 is 0 Å². The van der Waals surface area contributed by atoms with Gasteiger partial charge in [-0.05, 0) is 24.2 Å². The van der Waals surface area contributed by atoms with Gasteiger partial charge in [0.1, 0.15) is 0 Å². The van der Waals surface area contributed by atoms with E-state index in [4.69, 9.17) is 0 Å². The highest BCUT2D eigenvalue weighted by atomic mass is 16.3. The Morgan fingerprint density at radius 3 is 2.38 bits per heavy atom. The molecule has 0 aliphatic heterocycles. The monoisotopic (exact) mass is 226 g/mol. The van der Waals surface area contributed by atoms with E-state index in [1.807, 2.05) is 0 Å². The van der Waals surface area contributed by atoms with Gasteiger partial charge in [0.2, 0.25) is 0 Å². The van der Waals surface area contributed by atoms with Crippen molar-refractivity contribution in [2.45, 2.75) is 84.7 Å². The summed E-state index contributed by atoms with van der Waals surface area (Å²) in [5.41, 5.74) is 0.122. The Kier molecular flexibility index (Phi) is 5.82. The van der Waals surface area contributed by atoms with Crippen LogP contribution in [0.3, 0.4) is 0 Å². The molecule has 1 heteroatoms. The van der Waals surface area contributed by atoms with E-state index in [9.17, 15) is 5.11 Å². The third-order valence-corrected chi connectivity index (χ3v) is 4.27. The molecule has 1 unspecified atom stereocenters. The molecule has 1 aliphatic carbocycles. The maximum absolute atomic E-state index is 10.2. The van der Waals surface area contributed by atoms with Crippen LogP contribution in [0, 0.1) is 11.3 Å². The number of hydrogen-bond acceptors (Lipinski definition) is 1. The van der Waals surface area contributed by atoms with E-state index in [0.717, 1.165) is 18.8 Å². The van der Waals surface area contributed by atoms with Gasteiger partial charge in [-0.3, -0.25) is 0 Å². The lowest BCUT2D eigenvalue weighted by atomic mass is 9.73. The van der Waals surface area contributed by atoms with Crippen molar-refractivity contribution >= 4 is 0 Å². The van der Waals surface area contributed by atoms with E-state index in [1.165, 1.54) is 44.9 Å². The van der Waals surface area contributed by atoms with Crippen molar-refractivity contribution < 1.29 is 5.11 Å². The standard InChI is InChI=1S/C15H30O/c1-4-5-11-14(16)15(2,3)12-13-9-7-6-8-10-13/h13-14,16H,4-12H2,1-3H3. The second-order valence-corrected chi connectivity index (χ2v) is 6.35. The van der Waals surface area contributed by atoms with Crippen molar-refractivity contribution in [2.24, 2.45) is 11.3 Å². The van der Waals surface area contributed by atoms with Crippen LogP contribution in [0.1, 0.15) is 78.6 Å². The quantitative estimate of drug-likeness (QED) is 0.705. The summed E-state index contributed by atoms with van der Waals surface area (Å²) in [7, 11) is 0. The van der Waals surface area contributed by atoms with Crippen LogP contribution in [0.5, 0.6) is 0 Å². The molecule has 0 bridgehead atoms. The molecule has 1 rings (SSSR count). The smallest absolute Gasteiger partial charge is 0.0591 e. The average molecular weight is 226 g/mol. The van der Waals surface area contributed by atoms with Crippen molar-refractivity contribution in [1.29, 1.82) is 0 Å². The highest BCUT2D eigenvalue weighted by molar-refractivity contribution is 4.82. The minimum Gasteiger partial charge on any atom is -0.393 e. The fourth-order valence-corrected chi connectivity index (χ4v) is 3.06. The molecule has 0 spiro atoms. The first-order chi connectivity index (χ1) is 7.56. The Balaban J connectivity index is 2.35. The molecule has 1 nitrogen and oxygen atoms in total. The fourth-order valence-electron chi connectivity index (χ4n) is 3.06. The van der Waals surface area contributed by atoms with E-state index in [0.29, 0.717) is 0 Å². The van der Waals surface area contributed by atoms with Gasteiger partial charge in [0.25, 0.3) is 0 Å². The Morgan fingerprint density at radius 1 is 1.19 bits per heavy atom. The van der Waals surface area contributed by atoms with E-state index >= 15 is 0 Å². The molecule has 1 aliphatic rings. The zero-order chi connectivity index (χ0) is 12.0. The van der Waals surface area contributed by atoms with Crippen molar-refractivity contribution in [1.82, 2.24) is 0 Å². The largest absolute Gasteiger partial charge is 0.393 e. The Bertz CT molecular complexity index is 180. The molecule has 1 saturated carbocycles. The second kappa shape index (κ2) is 6.64. The predicted molar refractivity (Wildman–Crippen MR) is 70.5 cm³/mol. The molecule has 0 aromatic heterocycles. The summed E-state index contributed by atoms with van der Waals surface area (Å²) in [5.74, 6) is 0.875. The molecule has 0 saturated heterocycles. The summed E-state index contributed by atoms with van der Waals surface area (Å²) in [5, 5.41) is 10.2. The first-order valence-corrected chi connectivity index (χ1v) is 7.24. The Labute approximate surface area is 102 Å². The van der Waals surface area contributed by atoms with E-state index < -0.39 is 0 Å². The number of unbranched alkanes of at least 4 members (excludes halogenated alkanes) is 1. The topological polar surface area (TPSA) is 20.2 Å². The van der Waals surface area contributed by atoms with Gasteiger partial charge in [0, 0.05) is 0 Å². The number of aliphatic hydroxyl groups excluding tert-OH is 1. The van der Waals surface area contributed by atoms with Crippen LogP contribution < -0.4 is 0 Å². The Morgan fingerprint density at radius 2 is 1.81 bits per heavy atom. The SMILES string of the molecule is CCCCC(O)C(C)(C)CC1CCCCC1. The molecule has 96 valence electrons. The van der Waals surface area contributed by atoms with E-state index in [1.54, 1.807) is 0 Å². The zero-order valence-electron chi connectivity index (χ0n) is 11.5. The van der Waals surface area contributed by atoms with Gasteiger partial charge in [0.15, 0.2) is 0 Å². The fraction of sp³-hybridized carbons (Fsp3) is 1.00. The first-order valence-electron chi connectivity index (χ1n) is 7.24. The van der Waals surface area contributed by atoms with Crippen LogP contribution in [0.25, 0.3) is 0 Å². The molecule has 1 N–H and O–H groups in total. The van der Waals surface area contributed by atoms with Gasteiger partial charge in [0.05, 0.1) is 6.10 Å². The third kappa shape index (κ3) is 4.45. The van der Waals surface area contributed by atoms with Gasteiger partial charge in [-0.1, -0.05) is 65.7 Å². The number of hydrogen-bond donors (Lipinski definition) is 1. The summed E-state index contributed by atoms with van der Waals surface area (Å²) < 4.78 is 0. The van der Waals surface area contributed by atoms with Crippen LogP contribution in [-0.4, -0.2) is 11.2 Å². The van der Waals surface area contributed by atoms with Gasteiger partial charge < -0.3 is 5.11 Å². The van der Waals surface area contributed by atoms with Crippen molar-refractivity contribution in [3.05, 3.63) is 0 Å². The maximum Gasteiger partial charge on any atom is 0.0591 e. The number of aliphatic hydroxyl groups is 1. The zero-order valence-corrected chi connectivity index (χ0v) is 11.5. The molecular formula is C15H30O. The lowest BCUT2D eigenvalue weighted by molar-refractivity contribution is 0.0201. The van der Waals surface area contributed by atoms with Crippen LogP contribution in [0.2, 0.25) is 0 Å².